The van der Waals surface area contributed by atoms with Crippen molar-refractivity contribution >= 4 is 0 Å². The quantitative estimate of drug-likeness (QED) is 0.703. The van der Waals surface area contributed by atoms with Crippen molar-refractivity contribution in [1.82, 2.24) is 0 Å². The molecule has 0 heterocycles. The molecule has 0 saturated heterocycles. The molecule has 1 rings (SSSR count). The fourth-order valence-electron chi connectivity index (χ4n) is 1.69. The van der Waals surface area contributed by atoms with Crippen LogP contribution in [0.1, 0.15) is 50.7 Å². The van der Waals surface area contributed by atoms with E-state index in [4.69, 9.17) is 0 Å². The minimum atomic E-state index is -0.525. The van der Waals surface area contributed by atoms with Crippen molar-refractivity contribution in [3.05, 3.63) is 29.8 Å². The standard InChI is InChI=1S/C13H20O2/c1-2-3-4-5-9-12(14)11-8-6-7-10-13(11)15/h6-8,10,12,14-15H,2-5,9H2,1H3. The first-order valence-electron chi connectivity index (χ1n) is 5.71. The van der Waals surface area contributed by atoms with Crippen LogP contribution < -0.4 is 0 Å². The van der Waals surface area contributed by atoms with Crippen LogP contribution in [0.3, 0.4) is 0 Å². The number of unbranched alkanes of at least 4 members (excludes halogenated alkanes) is 3. The molecule has 1 aromatic rings. The third-order valence-corrected chi connectivity index (χ3v) is 2.63. The van der Waals surface area contributed by atoms with Gasteiger partial charge in [-0.2, -0.15) is 0 Å². The number of benzene rings is 1. The largest absolute Gasteiger partial charge is 0.508 e. The highest BCUT2D eigenvalue weighted by atomic mass is 16.3. The van der Waals surface area contributed by atoms with Crippen LogP contribution in [0, 0.1) is 0 Å². The molecule has 84 valence electrons. The molecule has 0 amide bonds. The van der Waals surface area contributed by atoms with Gasteiger partial charge in [0.1, 0.15) is 5.75 Å². The molecule has 0 bridgehead atoms. The number of para-hydroxylation sites is 1. The van der Waals surface area contributed by atoms with Gasteiger partial charge in [-0.1, -0.05) is 50.8 Å². The first-order chi connectivity index (χ1) is 7.25. The molecular formula is C13H20O2. The number of hydrogen-bond acceptors (Lipinski definition) is 2. The van der Waals surface area contributed by atoms with Crippen molar-refractivity contribution in [3.8, 4) is 5.75 Å². The van der Waals surface area contributed by atoms with Crippen LogP contribution in [0.2, 0.25) is 0 Å². The van der Waals surface area contributed by atoms with Crippen molar-refractivity contribution < 1.29 is 10.2 Å². The Morgan fingerprint density at radius 3 is 2.53 bits per heavy atom. The van der Waals surface area contributed by atoms with Gasteiger partial charge in [-0.3, -0.25) is 0 Å². The molecule has 0 aliphatic rings. The van der Waals surface area contributed by atoms with Crippen LogP contribution in [0.15, 0.2) is 24.3 Å². The molecule has 0 fully saturated rings. The maximum Gasteiger partial charge on any atom is 0.121 e. The van der Waals surface area contributed by atoms with Gasteiger partial charge in [0.2, 0.25) is 0 Å². The zero-order chi connectivity index (χ0) is 11.1. The van der Waals surface area contributed by atoms with E-state index in [0.29, 0.717) is 5.56 Å². The van der Waals surface area contributed by atoms with E-state index in [1.807, 2.05) is 6.07 Å². The van der Waals surface area contributed by atoms with E-state index in [1.165, 1.54) is 12.8 Å². The second kappa shape index (κ2) is 6.46. The Hall–Kier alpha value is -1.02. The lowest BCUT2D eigenvalue weighted by molar-refractivity contribution is 0.160. The van der Waals surface area contributed by atoms with Crippen LogP contribution in [0.25, 0.3) is 0 Å². The number of phenols is 1. The molecule has 0 aliphatic carbocycles. The molecule has 15 heavy (non-hydrogen) atoms. The van der Waals surface area contributed by atoms with Crippen LogP contribution in [0.5, 0.6) is 5.75 Å². The maximum atomic E-state index is 9.84. The van der Waals surface area contributed by atoms with E-state index in [-0.39, 0.29) is 5.75 Å². The van der Waals surface area contributed by atoms with Gasteiger partial charge in [-0.15, -0.1) is 0 Å². The highest BCUT2D eigenvalue weighted by molar-refractivity contribution is 5.33. The minimum absolute atomic E-state index is 0.195. The van der Waals surface area contributed by atoms with Crippen molar-refractivity contribution in [2.75, 3.05) is 0 Å². The van der Waals surface area contributed by atoms with E-state index < -0.39 is 6.10 Å². The summed E-state index contributed by atoms with van der Waals surface area (Å²) >= 11 is 0. The lowest BCUT2D eigenvalue weighted by atomic mass is 10.0. The molecular weight excluding hydrogens is 188 g/mol. The molecule has 0 radical (unpaired) electrons. The Kier molecular flexibility index (Phi) is 5.19. The lowest BCUT2D eigenvalue weighted by Gasteiger charge is -2.11. The first kappa shape index (κ1) is 12.1. The van der Waals surface area contributed by atoms with Gasteiger partial charge in [-0.25, -0.2) is 0 Å². The second-order valence-electron chi connectivity index (χ2n) is 3.92. The zero-order valence-corrected chi connectivity index (χ0v) is 9.32. The third kappa shape index (κ3) is 3.92. The first-order valence-corrected chi connectivity index (χ1v) is 5.71. The third-order valence-electron chi connectivity index (χ3n) is 2.63. The average molecular weight is 208 g/mol. The molecule has 0 aromatic heterocycles. The molecule has 0 aliphatic heterocycles. The Balaban J connectivity index is 2.40. The van der Waals surface area contributed by atoms with E-state index in [0.717, 1.165) is 19.3 Å². The summed E-state index contributed by atoms with van der Waals surface area (Å²) in [5, 5.41) is 19.4. The van der Waals surface area contributed by atoms with Crippen LogP contribution in [-0.4, -0.2) is 10.2 Å². The maximum absolute atomic E-state index is 9.84. The SMILES string of the molecule is CCCCCCC(O)c1ccccc1O. The zero-order valence-electron chi connectivity index (χ0n) is 9.32. The van der Waals surface area contributed by atoms with E-state index in [1.54, 1.807) is 18.2 Å². The summed E-state index contributed by atoms with van der Waals surface area (Å²) < 4.78 is 0. The van der Waals surface area contributed by atoms with E-state index >= 15 is 0 Å². The average Bonchev–Trinajstić information content (AvgIpc) is 2.25. The fraction of sp³-hybridized carbons (Fsp3) is 0.538. The van der Waals surface area contributed by atoms with Crippen molar-refractivity contribution in [2.45, 2.75) is 45.1 Å². The lowest BCUT2D eigenvalue weighted by Crippen LogP contribution is -1.97. The van der Waals surface area contributed by atoms with Gasteiger partial charge in [0, 0.05) is 5.56 Å². The number of aliphatic hydroxyl groups is 1. The Labute approximate surface area is 91.6 Å². The Morgan fingerprint density at radius 2 is 1.87 bits per heavy atom. The van der Waals surface area contributed by atoms with Gasteiger partial charge >= 0.3 is 0 Å². The van der Waals surface area contributed by atoms with Crippen LogP contribution in [-0.2, 0) is 0 Å². The van der Waals surface area contributed by atoms with E-state index in [2.05, 4.69) is 6.92 Å². The number of aromatic hydroxyl groups is 1. The Bertz CT molecular complexity index is 284. The van der Waals surface area contributed by atoms with E-state index in [9.17, 15) is 10.2 Å². The van der Waals surface area contributed by atoms with Crippen molar-refractivity contribution in [2.24, 2.45) is 0 Å². The summed E-state index contributed by atoms with van der Waals surface area (Å²) in [6.45, 7) is 2.17. The monoisotopic (exact) mass is 208 g/mol. The minimum Gasteiger partial charge on any atom is -0.508 e. The van der Waals surface area contributed by atoms with Crippen molar-refractivity contribution in [3.63, 3.8) is 0 Å². The predicted molar refractivity (Wildman–Crippen MR) is 61.8 cm³/mol. The normalized spacial score (nSPS) is 12.7. The number of phenolic OH excluding ortho intramolecular Hbond substituents is 1. The molecule has 2 N–H and O–H groups in total. The van der Waals surface area contributed by atoms with Gasteiger partial charge in [0.15, 0.2) is 0 Å². The van der Waals surface area contributed by atoms with Crippen molar-refractivity contribution in [1.29, 1.82) is 0 Å². The molecule has 2 heteroatoms. The molecule has 0 saturated carbocycles. The molecule has 1 aromatic carbocycles. The highest BCUT2D eigenvalue weighted by Crippen LogP contribution is 2.27. The molecule has 2 nitrogen and oxygen atoms in total. The summed E-state index contributed by atoms with van der Waals surface area (Å²) in [5.41, 5.74) is 0.647. The smallest absolute Gasteiger partial charge is 0.121 e. The molecule has 1 atom stereocenters. The number of rotatable bonds is 6. The van der Waals surface area contributed by atoms with Gasteiger partial charge < -0.3 is 10.2 Å². The summed E-state index contributed by atoms with van der Waals surface area (Å²) in [4.78, 5) is 0. The van der Waals surface area contributed by atoms with Gasteiger partial charge in [0.05, 0.1) is 6.10 Å². The summed E-state index contributed by atoms with van der Waals surface area (Å²) in [5.74, 6) is 0.195. The summed E-state index contributed by atoms with van der Waals surface area (Å²) in [6.07, 6.45) is 4.80. The highest BCUT2D eigenvalue weighted by Gasteiger charge is 2.10. The predicted octanol–water partition coefficient (Wildman–Crippen LogP) is 3.40. The van der Waals surface area contributed by atoms with Crippen LogP contribution >= 0.6 is 0 Å². The topological polar surface area (TPSA) is 40.5 Å². The molecule has 0 spiro atoms. The number of hydrogen-bond donors (Lipinski definition) is 2. The summed E-state index contributed by atoms with van der Waals surface area (Å²) in [6, 6.07) is 7.00. The van der Waals surface area contributed by atoms with Gasteiger partial charge in [0.25, 0.3) is 0 Å². The Morgan fingerprint density at radius 1 is 1.13 bits per heavy atom. The number of aliphatic hydroxyl groups excluding tert-OH is 1. The van der Waals surface area contributed by atoms with Gasteiger partial charge in [-0.05, 0) is 12.5 Å². The van der Waals surface area contributed by atoms with Crippen LogP contribution in [0.4, 0.5) is 0 Å². The summed E-state index contributed by atoms with van der Waals surface area (Å²) in [7, 11) is 0. The fourth-order valence-corrected chi connectivity index (χ4v) is 1.69. The molecule has 1 unspecified atom stereocenters. The second-order valence-corrected chi connectivity index (χ2v) is 3.92.